The molecule has 0 N–H and O–H groups in total. The smallest absolute Gasteiger partial charge is 0.405 e. The van der Waals surface area contributed by atoms with E-state index in [0.717, 1.165) is 0 Å². The summed E-state index contributed by atoms with van der Waals surface area (Å²) in [6.07, 6.45) is 1.19. The van der Waals surface area contributed by atoms with Gasteiger partial charge in [0, 0.05) is 12.1 Å². The summed E-state index contributed by atoms with van der Waals surface area (Å²) >= 11 is 0. The van der Waals surface area contributed by atoms with Crippen LogP contribution in [0.5, 0.6) is 0 Å². The van der Waals surface area contributed by atoms with Crippen molar-refractivity contribution in [2.75, 3.05) is 7.11 Å². The molecule has 0 amide bonds. The van der Waals surface area contributed by atoms with Gasteiger partial charge < -0.3 is 19.1 Å². The first-order valence-corrected chi connectivity index (χ1v) is 5.64. The van der Waals surface area contributed by atoms with Gasteiger partial charge in [-0.25, -0.2) is 9.59 Å². The Bertz CT molecular complexity index is 633. The predicted molar refractivity (Wildman–Crippen MR) is 64.6 cm³/mol. The van der Waals surface area contributed by atoms with Crippen molar-refractivity contribution >= 4 is 11.9 Å². The molecule has 7 heteroatoms. The van der Waals surface area contributed by atoms with E-state index in [2.05, 4.69) is 4.74 Å². The first-order chi connectivity index (χ1) is 9.61. The van der Waals surface area contributed by atoms with Gasteiger partial charge in [0.15, 0.2) is 6.20 Å². The molecule has 0 unspecified atom stereocenters. The number of furan rings is 1. The second kappa shape index (κ2) is 5.87. The normalized spacial score (nSPS) is 10.1. The maximum Gasteiger partial charge on any atom is 0.405 e. The zero-order valence-electron chi connectivity index (χ0n) is 10.6. The van der Waals surface area contributed by atoms with Gasteiger partial charge in [0.05, 0.1) is 7.11 Å². The Balaban J connectivity index is 1.99. The fourth-order valence-electron chi connectivity index (χ4n) is 1.46. The standard InChI is InChI=1S/C13H11NO6/c1-18-13(16)11-6-5-9(20-11)8-19-12(15)10-4-2-3-7-14(10)17/h2-7H,8H2,1H3. The third-order valence-corrected chi connectivity index (χ3v) is 2.43. The molecule has 0 spiro atoms. The number of hydrogen-bond donors (Lipinski definition) is 0. The highest BCUT2D eigenvalue weighted by Crippen LogP contribution is 2.10. The fraction of sp³-hybridized carbons (Fsp3) is 0.154. The number of carbonyl (C=O) groups is 2. The lowest BCUT2D eigenvalue weighted by Crippen LogP contribution is -2.34. The summed E-state index contributed by atoms with van der Waals surface area (Å²) in [6.45, 7) is -0.190. The average molecular weight is 277 g/mol. The zero-order valence-corrected chi connectivity index (χ0v) is 10.6. The molecule has 0 aromatic carbocycles. The molecule has 2 rings (SSSR count). The van der Waals surface area contributed by atoms with Gasteiger partial charge in [-0.1, -0.05) is 0 Å². The van der Waals surface area contributed by atoms with Gasteiger partial charge in [0.2, 0.25) is 5.76 Å². The van der Waals surface area contributed by atoms with E-state index in [0.29, 0.717) is 4.73 Å². The van der Waals surface area contributed by atoms with Crippen molar-refractivity contribution in [1.82, 2.24) is 0 Å². The number of esters is 2. The SMILES string of the molecule is COC(=O)c1ccc(COC(=O)c2cccc[n+]2[O-])o1. The van der Waals surface area contributed by atoms with E-state index in [1.807, 2.05) is 0 Å². The fourth-order valence-corrected chi connectivity index (χ4v) is 1.46. The van der Waals surface area contributed by atoms with Crippen molar-refractivity contribution < 1.29 is 28.2 Å². The molecule has 20 heavy (non-hydrogen) atoms. The van der Waals surface area contributed by atoms with Crippen LogP contribution in [-0.2, 0) is 16.1 Å². The molecule has 0 aliphatic carbocycles. The lowest BCUT2D eigenvalue weighted by Gasteiger charge is -2.03. The van der Waals surface area contributed by atoms with Crippen LogP contribution in [0, 0.1) is 5.21 Å². The Morgan fingerprint density at radius 3 is 2.75 bits per heavy atom. The molecule has 0 aliphatic heterocycles. The van der Waals surface area contributed by atoms with E-state index < -0.39 is 11.9 Å². The highest BCUT2D eigenvalue weighted by molar-refractivity contribution is 5.86. The molecule has 0 saturated heterocycles. The number of pyridine rings is 1. The Morgan fingerprint density at radius 2 is 2.05 bits per heavy atom. The predicted octanol–water partition coefficient (Wildman–Crippen LogP) is 1.06. The minimum atomic E-state index is -0.781. The van der Waals surface area contributed by atoms with Gasteiger partial charge in [0.25, 0.3) is 0 Å². The number of nitrogens with zero attached hydrogens (tertiary/aromatic N) is 1. The molecule has 104 valence electrons. The molecule has 0 bridgehead atoms. The van der Waals surface area contributed by atoms with Gasteiger partial charge in [-0.05, 0) is 18.2 Å². The van der Waals surface area contributed by atoms with E-state index in [9.17, 15) is 14.8 Å². The molecule has 2 aromatic heterocycles. The lowest BCUT2D eigenvalue weighted by atomic mass is 10.3. The first-order valence-electron chi connectivity index (χ1n) is 5.64. The Labute approximate surface area is 113 Å². The molecule has 0 fully saturated rings. The molecular formula is C13H11NO6. The van der Waals surface area contributed by atoms with Crippen molar-refractivity contribution in [3.63, 3.8) is 0 Å². The van der Waals surface area contributed by atoms with Crippen LogP contribution in [0.25, 0.3) is 0 Å². The number of ether oxygens (including phenoxy) is 2. The van der Waals surface area contributed by atoms with Gasteiger partial charge in [0.1, 0.15) is 12.4 Å². The topological polar surface area (TPSA) is 92.7 Å². The second-order valence-corrected chi connectivity index (χ2v) is 3.75. The van der Waals surface area contributed by atoms with E-state index in [4.69, 9.17) is 9.15 Å². The Kier molecular flexibility index (Phi) is 3.99. The molecule has 2 heterocycles. The molecule has 2 aromatic rings. The van der Waals surface area contributed by atoms with Crippen molar-refractivity contribution in [3.8, 4) is 0 Å². The Hall–Kier alpha value is -2.83. The summed E-state index contributed by atoms with van der Waals surface area (Å²) in [6, 6.07) is 7.28. The largest absolute Gasteiger partial charge is 0.618 e. The molecule has 0 aliphatic rings. The molecule has 0 atom stereocenters. The number of aromatic nitrogens is 1. The summed E-state index contributed by atoms with van der Waals surface area (Å²) in [7, 11) is 1.23. The summed E-state index contributed by atoms with van der Waals surface area (Å²) in [5, 5.41) is 11.3. The maximum atomic E-state index is 11.7. The summed E-state index contributed by atoms with van der Waals surface area (Å²) in [5.74, 6) is -1.12. The molecule has 7 nitrogen and oxygen atoms in total. The van der Waals surface area contributed by atoms with Crippen LogP contribution in [0.4, 0.5) is 0 Å². The third kappa shape index (κ3) is 2.94. The third-order valence-electron chi connectivity index (χ3n) is 2.43. The highest BCUT2D eigenvalue weighted by Gasteiger charge is 2.18. The van der Waals surface area contributed by atoms with Crippen LogP contribution in [0.1, 0.15) is 26.8 Å². The first kappa shape index (κ1) is 13.6. The Morgan fingerprint density at radius 1 is 1.25 bits per heavy atom. The van der Waals surface area contributed by atoms with Crippen LogP contribution < -0.4 is 4.73 Å². The van der Waals surface area contributed by atoms with Crippen molar-refractivity contribution in [1.29, 1.82) is 0 Å². The average Bonchev–Trinajstić information content (AvgIpc) is 2.93. The van der Waals surface area contributed by atoms with E-state index in [1.54, 1.807) is 6.07 Å². The minimum Gasteiger partial charge on any atom is -0.618 e. The monoisotopic (exact) mass is 277 g/mol. The molecule has 0 saturated carbocycles. The quantitative estimate of drug-likeness (QED) is 0.471. The summed E-state index contributed by atoms with van der Waals surface area (Å²) < 4.78 is 14.9. The second-order valence-electron chi connectivity index (χ2n) is 3.75. The number of carbonyl (C=O) groups excluding carboxylic acids is 2. The van der Waals surface area contributed by atoms with Gasteiger partial charge in [-0.3, -0.25) is 0 Å². The summed E-state index contributed by atoms with van der Waals surface area (Å²) in [4.78, 5) is 22.8. The van der Waals surface area contributed by atoms with Crippen LogP contribution in [0.15, 0.2) is 40.9 Å². The van der Waals surface area contributed by atoms with E-state index in [-0.39, 0.29) is 23.8 Å². The van der Waals surface area contributed by atoms with Crippen molar-refractivity contribution in [2.45, 2.75) is 6.61 Å². The van der Waals surface area contributed by atoms with E-state index in [1.165, 1.54) is 37.6 Å². The van der Waals surface area contributed by atoms with Crippen LogP contribution in [0.3, 0.4) is 0 Å². The zero-order chi connectivity index (χ0) is 14.5. The number of methoxy groups -OCH3 is 1. The lowest BCUT2D eigenvalue weighted by molar-refractivity contribution is -0.608. The molecule has 0 radical (unpaired) electrons. The van der Waals surface area contributed by atoms with Gasteiger partial charge >= 0.3 is 17.6 Å². The van der Waals surface area contributed by atoms with Gasteiger partial charge in [-0.15, -0.1) is 0 Å². The van der Waals surface area contributed by atoms with Crippen molar-refractivity contribution in [2.24, 2.45) is 0 Å². The van der Waals surface area contributed by atoms with E-state index >= 15 is 0 Å². The molecular weight excluding hydrogens is 266 g/mol. The number of hydrogen-bond acceptors (Lipinski definition) is 6. The highest BCUT2D eigenvalue weighted by atomic mass is 16.6. The number of rotatable bonds is 4. The van der Waals surface area contributed by atoms with Crippen molar-refractivity contribution in [3.05, 3.63) is 59.0 Å². The van der Waals surface area contributed by atoms with Crippen LogP contribution in [-0.4, -0.2) is 19.0 Å². The van der Waals surface area contributed by atoms with Crippen LogP contribution in [0.2, 0.25) is 0 Å². The van der Waals surface area contributed by atoms with Gasteiger partial charge in [-0.2, -0.15) is 4.73 Å². The summed E-state index contributed by atoms with van der Waals surface area (Å²) in [5.41, 5.74) is -0.132. The van der Waals surface area contributed by atoms with Crippen LogP contribution >= 0.6 is 0 Å². The maximum absolute atomic E-state index is 11.7. The minimum absolute atomic E-state index is 0.0112.